The van der Waals surface area contributed by atoms with Crippen LogP contribution in [0.1, 0.15) is 32.0 Å². The Labute approximate surface area is 114 Å². The molecule has 108 valence electrons. The SMILES string of the molecule is CCC(C)(C(NN)c1cnnn1C)N1CCOCC1. The number of morpholine rings is 1. The molecule has 0 radical (unpaired) electrons. The van der Waals surface area contributed by atoms with Gasteiger partial charge in [0.1, 0.15) is 0 Å². The average Bonchev–Trinajstić information content (AvgIpc) is 2.86. The van der Waals surface area contributed by atoms with Crippen LogP contribution in [-0.2, 0) is 11.8 Å². The normalized spacial score (nSPS) is 22.1. The van der Waals surface area contributed by atoms with Crippen LogP contribution in [0.3, 0.4) is 0 Å². The molecule has 0 amide bonds. The summed E-state index contributed by atoms with van der Waals surface area (Å²) in [4.78, 5) is 2.44. The monoisotopic (exact) mass is 268 g/mol. The van der Waals surface area contributed by atoms with Crippen molar-refractivity contribution < 1.29 is 4.74 Å². The van der Waals surface area contributed by atoms with Gasteiger partial charge in [0.15, 0.2) is 0 Å². The maximum atomic E-state index is 5.82. The van der Waals surface area contributed by atoms with Crippen molar-refractivity contribution in [3.05, 3.63) is 11.9 Å². The van der Waals surface area contributed by atoms with Crippen LogP contribution in [0.25, 0.3) is 0 Å². The summed E-state index contributed by atoms with van der Waals surface area (Å²) in [6, 6.07) is -0.0180. The van der Waals surface area contributed by atoms with Gasteiger partial charge in [-0.3, -0.25) is 15.4 Å². The predicted octanol–water partition coefficient (Wildman–Crippen LogP) is -0.180. The Hall–Kier alpha value is -1.02. The van der Waals surface area contributed by atoms with Gasteiger partial charge in [0.25, 0.3) is 0 Å². The molecule has 1 aromatic rings. The fourth-order valence-corrected chi connectivity index (χ4v) is 2.83. The van der Waals surface area contributed by atoms with Crippen molar-refractivity contribution in [3.63, 3.8) is 0 Å². The van der Waals surface area contributed by atoms with E-state index in [2.05, 4.69) is 34.5 Å². The summed E-state index contributed by atoms with van der Waals surface area (Å²) in [5.74, 6) is 5.82. The zero-order chi connectivity index (χ0) is 13.9. The van der Waals surface area contributed by atoms with E-state index >= 15 is 0 Å². The molecule has 0 aliphatic carbocycles. The van der Waals surface area contributed by atoms with E-state index in [0.717, 1.165) is 38.4 Å². The van der Waals surface area contributed by atoms with Crippen LogP contribution < -0.4 is 11.3 Å². The first-order valence-electron chi connectivity index (χ1n) is 6.77. The van der Waals surface area contributed by atoms with Crippen molar-refractivity contribution >= 4 is 0 Å². The quantitative estimate of drug-likeness (QED) is 0.569. The summed E-state index contributed by atoms with van der Waals surface area (Å²) in [7, 11) is 1.89. The second-order valence-corrected chi connectivity index (χ2v) is 5.19. The number of aryl methyl sites for hydroxylation is 1. The molecule has 1 aliphatic heterocycles. The zero-order valence-corrected chi connectivity index (χ0v) is 12.0. The van der Waals surface area contributed by atoms with Crippen LogP contribution in [-0.4, -0.2) is 51.7 Å². The van der Waals surface area contributed by atoms with Gasteiger partial charge in [0.2, 0.25) is 0 Å². The van der Waals surface area contributed by atoms with E-state index in [1.807, 2.05) is 7.05 Å². The van der Waals surface area contributed by atoms with Crippen LogP contribution in [0.15, 0.2) is 6.20 Å². The predicted molar refractivity (Wildman–Crippen MR) is 72.2 cm³/mol. The average molecular weight is 268 g/mol. The van der Waals surface area contributed by atoms with E-state index < -0.39 is 0 Å². The number of hydrogen-bond acceptors (Lipinski definition) is 6. The van der Waals surface area contributed by atoms with Gasteiger partial charge in [-0.25, -0.2) is 5.43 Å². The van der Waals surface area contributed by atoms with Crippen LogP contribution in [0.2, 0.25) is 0 Å². The lowest BCUT2D eigenvalue weighted by atomic mass is 9.85. The number of hydrogen-bond donors (Lipinski definition) is 2. The van der Waals surface area contributed by atoms with Crippen molar-refractivity contribution in [1.82, 2.24) is 25.3 Å². The van der Waals surface area contributed by atoms with E-state index in [1.54, 1.807) is 10.9 Å². The molecule has 2 atom stereocenters. The second kappa shape index (κ2) is 5.96. The highest BCUT2D eigenvalue weighted by atomic mass is 16.5. The van der Waals surface area contributed by atoms with Gasteiger partial charge >= 0.3 is 0 Å². The second-order valence-electron chi connectivity index (χ2n) is 5.19. The molecule has 0 bridgehead atoms. The summed E-state index contributed by atoms with van der Waals surface area (Å²) < 4.78 is 7.22. The molecule has 7 nitrogen and oxygen atoms in total. The van der Waals surface area contributed by atoms with Gasteiger partial charge in [-0.2, -0.15) is 0 Å². The highest BCUT2D eigenvalue weighted by molar-refractivity contribution is 5.11. The van der Waals surface area contributed by atoms with E-state index in [4.69, 9.17) is 10.6 Å². The number of ether oxygens (including phenoxy) is 1. The van der Waals surface area contributed by atoms with Gasteiger partial charge in [-0.15, -0.1) is 5.10 Å². The minimum atomic E-state index is -0.0893. The molecule has 3 N–H and O–H groups in total. The van der Waals surface area contributed by atoms with Crippen LogP contribution in [0.5, 0.6) is 0 Å². The Balaban J connectivity index is 2.29. The van der Waals surface area contributed by atoms with E-state index in [0.29, 0.717) is 0 Å². The number of rotatable bonds is 5. The Morgan fingerprint density at radius 2 is 2.21 bits per heavy atom. The third-order valence-corrected chi connectivity index (χ3v) is 4.28. The molecular weight excluding hydrogens is 244 g/mol. The van der Waals surface area contributed by atoms with Crippen molar-refractivity contribution in [1.29, 1.82) is 0 Å². The van der Waals surface area contributed by atoms with Gasteiger partial charge < -0.3 is 4.74 Å². The molecule has 1 aromatic heterocycles. The fourth-order valence-electron chi connectivity index (χ4n) is 2.83. The van der Waals surface area contributed by atoms with Crippen molar-refractivity contribution in [2.75, 3.05) is 26.3 Å². The smallest absolute Gasteiger partial charge is 0.0825 e. The molecule has 7 heteroatoms. The number of nitrogens with zero attached hydrogens (tertiary/aromatic N) is 4. The molecule has 19 heavy (non-hydrogen) atoms. The standard InChI is InChI=1S/C12H24N6O/c1-4-12(2,18-5-7-19-8-6-18)11(15-13)10-9-14-16-17(10)3/h9,11,15H,4-8,13H2,1-3H3. The third-order valence-electron chi connectivity index (χ3n) is 4.28. The summed E-state index contributed by atoms with van der Waals surface area (Å²) in [5.41, 5.74) is 3.86. The Kier molecular flexibility index (Phi) is 4.51. The van der Waals surface area contributed by atoms with E-state index in [-0.39, 0.29) is 11.6 Å². The summed E-state index contributed by atoms with van der Waals surface area (Å²) in [5, 5.41) is 7.96. The fraction of sp³-hybridized carbons (Fsp3) is 0.833. The lowest BCUT2D eigenvalue weighted by molar-refractivity contribution is -0.0339. The van der Waals surface area contributed by atoms with Crippen molar-refractivity contribution in [2.24, 2.45) is 12.9 Å². The topological polar surface area (TPSA) is 81.2 Å². The van der Waals surface area contributed by atoms with Gasteiger partial charge in [-0.1, -0.05) is 12.1 Å². The summed E-state index contributed by atoms with van der Waals surface area (Å²) in [6.07, 6.45) is 2.76. The number of hydrazine groups is 1. The molecule has 1 fully saturated rings. The number of nitrogens with one attached hydrogen (secondary N) is 1. The Bertz CT molecular complexity index is 403. The van der Waals surface area contributed by atoms with E-state index in [1.165, 1.54) is 0 Å². The summed E-state index contributed by atoms with van der Waals surface area (Å²) in [6.45, 7) is 7.81. The molecule has 1 aliphatic rings. The van der Waals surface area contributed by atoms with E-state index in [9.17, 15) is 0 Å². The third kappa shape index (κ3) is 2.64. The Morgan fingerprint density at radius 1 is 1.53 bits per heavy atom. The minimum absolute atomic E-state index is 0.0180. The first-order valence-corrected chi connectivity index (χ1v) is 6.77. The molecule has 2 rings (SSSR count). The molecule has 2 heterocycles. The first kappa shape index (κ1) is 14.4. The highest BCUT2D eigenvalue weighted by Gasteiger charge is 2.40. The largest absolute Gasteiger partial charge is 0.379 e. The molecule has 1 saturated heterocycles. The Morgan fingerprint density at radius 3 is 2.68 bits per heavy atom. The van der Waals surface area contributed by atoms with Crippen LogP contribution >= 0.6 is 0 Å². The minimum Gasteiger partial charge on any atom is -0.379 e. The maximum absolute atomic E-state index is 5.82. The van der Waals surface area contributed by atoms with Crippen molar-refractivity contribution in [2.45, 2.75) is 31.8 Å². The maximum Gasteiger partial charge on any atom is 0.0825 e. The number of nitrogens with two attached hydrogens (primary N) is 1. The van der Waals surface area contributed by atoms with Gasteiger partial charge in [-0.05, 0) is 13.3 Å². The highest BCUT2D eigenvalue weighted by Crippen LogP contribution is 2.33. The zero-order valence-electron chi connectivity index (χ0n) is 12.0. The number of aromatic nitrogens is 3. The molecule has 2 unspecified atom stereocenters. The molecular formula is C12H24N6O. The van der Waals surface area contributed by atoms with Crippen molar-refractivity contribution in [3.8, 4) is 0 Å². The van der Waals surface area contributed by atoms with Crippen LogP contribution in [0, 0.1) is 0 Å². The lowest BCUT2D eigenvalue weighted by Gasteiger charge is -2.47. The first-order chi connectivity index (χ1) is 9.13. The van der Waals surface area contributed by atoms with Gasteiger partial charge in [0, 0.05) is 25.7 Å². The molecule has 0 spiro atoms. The van der Waals surface area contributed by atoms with Crippen LogP contribution in [0.4, 0.5) is 0 Å². The molecule has 0 aromatic carbocycles. The molecule has 0 saturated carbocycles. The summed E-state index contributed by atoms with van der Waals surface area (Å²) >= 11 is 0. The van der Waals surface area contributed by atoms with Gasteiger partial charge in [0.05, 0.1) is 31.1 Å². The lowest BCUT2D eigenvalue weighted by Crippen LogP contribution is -2.59.